The summed E-state index contributed by atoms with van der Waals surface area (Å²) in [5.41, 5.74) is -0.00880. The van der Waals surface area contributed by atoms with Crippen molar-refractivity contribution in [3.8, 4) is 0 Å². The van der Waals surface area contributed by atoms with Gasteiger partial charge < -0.3 is 4.90 Å². The quantitative estimate of drug-likeness (QED) is 0.617. The molecule has 1 aromatic carbocycles. The van der Waals surface area contributed by atoms with Gasteiger partial charge in [-0.1, -0.05) is 6.58 Å². The lowest BCUT2D eigenvalue weighted by Crippen LogP contribution is -2.27. The van der Waals surface area contributed by atoms with E-state index >= 15 is 0 Å². The molecule has 0 radical (unpaired) electrons. The number of rotatable bonds is 5. The van der Waals surface area contributed by atoms with Crippen LogP contribution in [0.15, 0.2) is 37.1 Å². The maximum Gasteiger partial charge on any atom is 0.179 e. The molecule has 0 aliphatic carbocycles. The lowest BCUT2D eigenvalue weighted by Gasteiger charge is -2.25. The number of halogens is 3. The summed E-state index contributed by atoms with van der Waals surface area (Å²) in [5, 5.41) is 0. The molecule has 1 fully saturated rings. The van der Waals surface area contributed by atoms with E-state index in [2.05, 4.69) is 6.58 Å². The molecule has 0 bridgehead atoms. The number of carbonyl (C=O) groups excluding carboxylic acids is 1. The summed E-state index contributed by atoms with van der Waals surface area (Å²) in [7, 11) is 0. The van der Waals surface area contributed by atoms with E-state index in [9.17, 15) is 18.0 Å². The summed E-state index contributed by atoms with van der Waals surface area (Å²) in [6.07, 6.45) is 4.24. The molecule has 0 N–H and O–H groups in total. The molecule has 1 heterocycles. The topological polar surface area (TPSA) is 23.6 Å². The predicted octanol–water partition coefficient (Wildman–Crippen LogP) is 3.01. The van der Waals surface area contributed by atoms with Crippen molar-refractivity contribution in [1.82, 2.24) is 9.80 Å². The van der Waals surface area contributed by atoms with Crippen LogP contribution in [0, 0.1) is 17.5 Å². The monoisotopic (exact) mass is 310 g/mol. The van der Waals surface area contributed by atoms with E-state index in [1.54, 1.807) is 13.1 Å². The molecule has 2 rings (SSSR count). The molecule has 6 heteroatoms. The van der Waals surface area contributed by atoms with E-state index in [4.69, 9.17) is 0 Å². The molecule has 1 unspecified atom stereocenters. The SMILES string of the molecule is C=CC(=O)/C=C\N1CCN(C(C)c2cc(F)cc(F)c2F)C1. The fourth-order valence-electron chi connectivity index (χ4n) is 2.39. The van der Waals surface area contributed by atoms with Gasteiger partial charge in [0.05, 0.1) is 6.67 Å². The highest BCUT2D eigenvalue weighted by molar-refractivity contribution is 5.98. The Bertz CT molecular complexity index is 616. The van der Waals surface area contributed by atoms with E-state index < -0.39 is 23.5 Å². The first-order valence-corrected chi connectivity index (χ1v) is 6.89. The van der Waals surface area contributed by atoms with Gasteiger partial charge in [-0.05, 0) is 19.1 Å². The second-order valence-corrected chi connectivity index (χ2v) is 5.16. The van der Waals surface area contributed by atoms with Gasteiger partial charge in [0.25, 0.3) is 0 Å². The number of ketones is 1. The van der Waals surface area contributed by atoms with Gasteiger partial charge in [-0.2, -0.15) is 0 Å². The molecular formula is C16H17F3N2O. The smallest absolute Gasteiger partial charge is 0.179 e. The maximum absolute atomic E-state index is 13.8. The molecule has 1 aliphatic heterocycles. The Morgan fingerprint density at radius 3 is 2.73 bits per heavy atom. The van der Waals surface area contributed by atoms with Crippen LogP contribution in [0.4, 0.5) is 13.2 Å². The van der Waals surface area contributed by atoms with Crippen LogP contribution in [0.5, 0.6) is 0 Å². The van der Waals surface area contributed by atoms with Gasteiger partial charge in [-0.15, -0.1) is 0 Å². The van der Waals surface area contributed by atoms with Gasteiger partial charge in [0.2, 0.25) is 0 Å². The van der Waals surface area contributed by atoms with Gasteiger partial charge in [0.1, 0.15) is 5.82 Å². The average molecular weight is 310 g/mol. The second-order valence-electron chi connectivity index (χ2n) is 5.16. The summed E-state index contributed by atoms with van der Waals surface area (Å²) in [6.45, 7) is 6.76. The zero-order valence-electron chi connectivity index (χ0n) is 12.2. The van der Waals surface area contributed by atoms with Gasteiger partial charge in [0, 0.05) is 43.0 Å². The largest absolute Gasteiger partial charge is 0.363 e. The van der Waals surface area contributed by atoms with Crippen LogP contribution in [0.3, 0.4) is 0 Å². The third kappa shape index (κ3) is 3.57. The Morgan fingerprint density at radius 1 is 1.32 bits per heavy atom. The van der Waals surface area contributed by atoms with Crippen LogP contribution in [0.25, 0.3) is 0 Å². The van der Waals surface area contributed by atoms with Crippen molar-refractivity contribution in [3.63, 3.8) is 0 Å². The van der Waals surface area contributed by atoms with Gasteiger partial charge in [0.15, 0.2) is 17.4 Å². The highest BCUT2D eigenvalue weighted by Crippen LogP contribution is 2.27. The number of carbonyl (C=O) groups is 1. The van der Waals surface area contributed by atoms with E-state index in [1.807, 2.05) is 9.80 Å². The summed E-state index contributed by atoms with van der Waals surface area (Å²) in [6, 6.07) is 1.08. The van der Waals surface area contributed by atoms with Crippen molar-refractivity contribution >= 4 is 5.78 Å². The molecule has 0 spiro atoms. The third-order valence-corrected chi connectivity index (χ3v) is 3.71. The molecule has 0 saturated carbocycles. The summed E-state index contributed by atoms with van der Waals surface area (Å²) in [4.78, 5) is 14.9. The van der Waals surface area contributed by atoms with Crippen molar-refractivity contribution in [3.05, 3.63) is 60.1 Å². The Kier molecular flexibility index (Phi) is 5.03. The van der Waals surface area contributed by atoms with Crippen molar-refractivity contribution in [2.45, 2.75) is 13.0 Å². The first-order valence-electron chi connectivity index (χ1n) is 6.89. The van der Waals surface area contributed by atoms with Crippen LogP contribution in [-0.2, 0) is 4.79 Å². The first-order chi connectivity index (χ1) is 10.4. The summed E-state index contributed by atoms with van der Waals surface area (Å²) < 4.78 is 40.4. The molecule has 1 aromatic rings. The molecule has 118 valence electrons. The average Bonchev–Trinajstić information content (AvgIpc) is 2.96. The summed E-state index contributed by atoms with van der Waals surface area (Å²) in [5.74, 6) is -3.21. The Morgan fingerprint density at radius 2 is 2.05 bits per heavy atom. The predicted molar refractivity (Wildman–Crippen MR) is 77.4 cm³/mol. The van der Waals surface area contributed by atoms with Crippen molar-refractivity contribution < 1.29 is 18.0 Å². The first kappa shape index (κ1) is 16.3. The van der Waals surface area contributed by atoms with Gasteiger partial charge in [-0.25, -0.2) is 13.2 Å². The Labute approximate surface area is 127 Å². The molecule has 0 aromatic heterocycles. The van der Waals surface area contributed by atoms with E-state index in [1.165, 1.54) is 12.2 Å². The minimum Gasteiger partial charge on any atom is -0.363 e. The number of benzene rings is 1. The highest BCUT2D eigenvalue weighted by Gasteiger charge is 2.26. The van der Waals surface area contributed by atoms with Gasteiger partial charge >= 0.3 is 0 Å². The standard InChI is InChI=1S/C16H17F3N2O/c1-3-13(22)4-5-20-6-7-21(10-20)11(2)14-8-12(17)9-15(18)16(14)19/h3-5,8-9,11H,1,6-7,10H2,2H3/b5-4-. The molecule has 0 amide bonds. The van der Waals surface area contributed by atoms with Crippen LogP contribution in [0.2, 0.25) is 0 Å². The Balaban J connectivity index is 2.09. The van der Waals surface area contributed by atoms with Crippen LogP contribution < -0.4 is 0 Å². The van der Waals surface area contributed by atoms with Crippen molar-refractivity contribution in [2.75, 3.05) is 19.8 Å². The number of nitrogens with zero attached hydrogens (tertiary/aromatic N) is 2. The van der Waals surface area contributed by atoms with Crippen molar-refractivity contribution in [1.29, 1.82) is 0 Å². The molecular weight excluding hydrogens is 293 g/mol. The molecule has 3 nitrogen and oxygen atoms in total. The molecule has 22 heavy (non-hydrogen) atoms. The molecule has 1 aliphatic rings. The lowest BCUT2D eigenvalue weighted by molar-refractivity contribution is -0.110. The zero-order valence-corrected chi connectivity index (χ0v) is 12.2. The minimum absolute atomic E-state index is 0.00880. The normalized spacial score (nSPS) is 17.2. The van der Waals surface area contributed by atoms with E-state index in [-0.39, 0.29) is 11.3 Å². The van der Waals surface area contributed by atoms with Crippen molar-refractivity contribution in [2.24, 2.45) is 0 Å². The van der Waals surface area contributed by atoms with E-state index in [0.717, 1.165) is 6.07 Å². The van der Waals surface area contributed by atoms with Crippen LogP contribution in [-0.4, -0.2) is 35.3 Å². The minimum atomic E-state index is -1.19. The highest BCUT2D eigenvalue weighted by atomic mass is 19.2. The lowest BCUT2D eigenvalue weighted by atomic mass is 10.1. The number of allylic oxidation sites excluding steroid dienone is 2. The fraction of sp³-hybridized carbons (Fsp3) is 0.312. The third-order valence-electron chi connectivity index (χ3n) is 3.71. The van der Waals surface area contributed by atoms with Crippen LogP contribution in [0.1, 0.15) is 18.5 Å². The maximum atomic E-state index is 13.8. The summed E-state index contributed by atoms with van der Waals surface area (Å²) >= 11 is 0. The zero-order chi connectivity index (χ0) is 16.3. The molecule has 1 saturated heterocycles. The second kappa shape index (κ2) is 6.79. The Hall–Kier alpha value is -2.08. The van der Waals surface area contributed by atoms with E-state index in [0.29, 0.717) is 25.8 Å². The van der Waals surface area contributed by atoms with Gasteiger partial charge in [-0.3, -0.25) is 9.69 Å². The van der Waals surface area contributed by atoms with Crippen LogP contribution >= 0.6 is 0 Å². The molecule has 1 atom stereocenters. The number of hydrogen-bond acceptors (Lipinski definition) is 3. The number of hydrogen-bond donors (Lipinski definition) is 0. The fourth-order valence-corrected chi connectivity index (χ4v) is 2.39.